The number of carbonyl (C=O) groups is 2. The highest BCUT2D eigenvalue weighted by Crippen LogP contribution is 2.29. The standard InChI is InChI=1S/C10H13BrN4O4/c11-7-3-6(18-4-9(16)14-12)1-2-8(7)19-5-10(17)15-13/h1-3H,4-5,12-13H2,(H,14,16)(H,15,17). The predicted octanol–water partition coefficient (Wildman–Crippen LogP) is -0.813. The molecule has 0 radical (unpaired) electrons. The largest absolute Gasteiger partial charge is 0.484 e. The van der Waals surface area contributed by atoms with Crippen LogP contribution in [0.4, 0.5) is 0 Å². The Kier molecular flexibility index (Phi) is 6.06. The van der Waals surface area contributed by atoms with Gasteiger partial charge in [-0.25, -0.2) is 11.7 Å². The minimum atomic E-state index is -0.452. The van der Waals surface area contributed by atoms with Gasteiger partial charge in [0.25, 0.3) is 11.8 Å². The van der Waals surface area contributed by atoms with Crippen LogP contribution in [0.1, 0.15) is 0 Å². The van der Waals surface area contributed by atoms with Crippen molar-refractivity contribution >= 4 is 27.7 Å². The first-order valence-electron chi connectivity index (χ1n) is 5.11. The molecule has 9 heteroatoms. The molecular weight excluding hydrogens is 320 g/mol. The highest BCUT2D eigenvalue weighted by Gasteiger charge is 2.07. The molecule has 0 saturated carbocycles. The van der Waals surface area contributed by atoms with Crippen LogP contribution in [-0.4, -0.2) is 25.0 Å². The second-order valence-electron chi connectivity index (χ2n) is 3.30. The highest BCUT2D eigenvalue weighted by atomic mass is 79.9. The van der Waals surface area contributed by atoms with Crippen molar-refractivity contribution in [3.05, 3.63) is 22.7 Å². The van der Waals surface area contributed by atoms with Crippen molar-refractivity contribution in [2.75, 3.05) is 13.2 Å². The molecular formula is C10H13BrN4O4. The van der Waals surface area contributed by atoms with Gasteiger partial charge < -0.3 is 9.47 Å². The SMILES string of the molecule is NNC(=O)COc1ccc(OCC(=O)NN)c(Br)c1. The smallest absolute Gasteiger partial charge is 0.271 e. The molecule has 0 spiro atoms. The zero-order valence-corrected chi connectivity index (χ0v) is 11.4. The van der Waals surface area contributed by atoms with Gasteiger partial charge in [-0.1, -0.05) is 0 Å². The molecule has 0 aliphatic carbocycles. The number of ether oxygens (including phenoxy) is 2. The van der Waals surface area contributed by atoms with E-state index in [1.54, 1.807) is 18.2 Å². The Labute approximate surface area is 117 Å². The monoisotopic (exact) mass is 332 g/mol. The molecule has 0 unspecified atom stereocenters. The Morgan fingerprint density at radius 2 is 1.68 bits per heavy atom. The topological polar surface area (TPSA) is 129 Å². The first kappa shape index (κ1) is 15.2. The lowest BCUT2D eigenvalue weighted by Crippen LogP contribution is -2.34. The Balaban J connectivity index is 2.59. The van der Waals surface area contributed by atoms with E-state index in [0.29, 0.717) is 16.0 Å². The summed E-state index contributed by atoms with van der Waals surface area (Å²) in [5.74, 6) is 9.83. The summed E-state index contributed by atoms with van der Waals surface area (Å²) in [7, 11) is 0. The van der Waals surface area contributed by atoms with Gasteiger partial charge in [0.2, 0.25) is 0 Å². The van der Waals surface area contributed by atoms with E-state index in [1.165, 1.54) is 0 Å². The third-order valence-electron chi connectivity index (χ3n) is 1.95. The van der Waals surface area contributed by atoms with Gasteiger partial charge in [0, 0.05) is 0 Å². The minimum Gasteiger partial charge on any atom is -0.484 e. The lowest BCUT2D eigenvalue weighted by molar-refractivity contribution is -0.123. The van der Waals surface area contributed by atoms with Crippen LogP contribution >= 0.6 is 15.9 Å². The molecule has 19 heavy (non-hydrogen) atoms. The number of hydrogen-bond donors (Lipinski definition) is 4. The number of hydrogen-bond acceptors (Lipinski definition) is 6. The number of nitrogens with two attached hydrogens (primary N) is 2. The summed E-state index contributed by atoms with van der Waals surface area (Å²) in [6.45, 7) is -0.399. The number of carbonyl (C=O) groups excluding carboxylic acids is 2. The van der Waals surface area contributed by atoms with Crippen molar-refractivity contribution in [3.63, 3.8) is 0 Å². The summed E-state index contributed by atoms with van der Waals surface area (Å²) in [4.78, 5) is 21.8. The maximum absolute atomic E-state index is 10.9. The minimum absolute atomic E-state index is 0.196. The number of benzene rings is 1. The Hall–Kier alpha value is -1.84. The van der Waals surface area contributed by atoms with Crippen LogP contribution in [0.25, 0.3) is 0 Å². The van der Waals surface area contributed by atoms with Crippen LogP contribution in [0.2, 0.25) is 0 Å². The van der Waals surface area contributed by atoms with Crippen molar-refractivity contribution in [2.45, 2.75) is 0 Å². The van der Waals surface area contributed by atoms with Gasteiger partial charge in [-0.2, -0.15) is 0 Å². The van der Waals surface area contributed by atoms with E-state index in [9.17, 15) is 9.59 Å². The molecule has 0 aliphatic rings. The Morgan fingerprint density at radius 1 is 1.11 bits per heavy atom. The molecule has 0 saturated heterocycles. The summed E-state index contributed by atoms with van der Waals surface area (Å²) in [6.07, 6.45) is 0. The lowest BCUT2D eigenvalue weighted by atomic mass is 10.3. The molecule has 1 aromatic carbocycles. The van der Waals surface area contributed by atoms with Crippen LogP contribution in [0.5, 0.6) is 11.5 Å². The first-order chi connectivity index (χ1) is 9.06. The average Bonchev–Trinajstić information content (AvgIpc) is 2.43. The summed E-state index contributed by atoms with van der Waals surface area (Å²) in [5, 5.41) is 0. The first-order valence-corrected chi connectivity index (χ1v) is 5.90. The van der Waals surface area contributed by atoms with E-state index < -0.39 is 11.8 Å². The number of hydrazine groups is 2. The van der Waals surface area contributed by atoms with E-state index in [0.717, 1.165) is 0 Å². The Bertz CT molecular complexity index is 469. The Morgan fingerprint density at radius 3 is 2.21 bits per heavy atom. The van der Waals surface area contributed by atoms with Crippen molar-refractivity contribution in [3.8, 4) is 11.5 Å². The van der Waals surface area contributed by atoms with E-state index in [2.05, 4.69) is 15.9 Å². The van der Waals surface area contributed by atoms with Gasteiger partial charge in [0.1, 0.15) is 11.5 Å². The van der Waals surface area contributed by atoms with Gasteiger partial charge >= 0.3 is 0 Å². The summed E-state index contributed by atoms with van der Waals surface area (Å²) < 4.78 is 10.9. The van der Waals surface area contributed by atoms with E-state index >= 15 is 0 Å². The highest BCUT2D eigenvalue weighted by molar-refractivity contribution is 9.10. The fraction of sp³-hybridized carbons (Fsp3) is 0.200. The quantitative estimate of drug-likeness (QED) is 0.306. The third-order valence-corrected chi connectivity index (χ3v) is 2.57. The number of amides is 2. The maximum atomic E-state index is 10.9. The van der Waals surface area contributed by atoms with E-state index in [1.807, 2.05) is 10.9 Å². The summed E-state index contributed by atoms with van der Waals surface area (Å²) >= 11 is 3.25. The van der Waals surface area contributed by atoms with E-state index in [-0.39, 0.29) is 13.2 Å². The lowest BCUT2D eigenvalue weighted by Gasteiger charge is -2.09. The molecule has 0 aliphatic heterocycles. The molecule has 1 aromatic rings. The maximum Gasteiger partial charge on any atom is 0.271 e. The van der Waals surface area contributed by atoms with Gasteiger partial charge in [0.05, 0.1) is 4.47 Å². The zero-order chi connectivity index (χ0) is 14.3. The normalized spacial score (nSPS) is 9.63. The molecule has 6 N–H and O–H groups in total. The second-order valence-corrected chi connectivity index (χ2v) is 4.16. The van der Waals surface area contributed by atoms with Crippen LogP contribution in [0.3, 0.4) is 0 Å². The average molecular weight is 333 g/mol. The van der Waals surface area contributed by atoms with E-state index in [4.69, 9.17) is 21.2 Å². The van der Waals surface area contributed by atoms with Gasteiger partial charge in [-0.3, -0.25) is 20.4 Å². The molecule has 104 valence electrons. The van der Waals surface area contributed by atoms with Crippen molar-refractivity contribution in [1.29, 1.82) is 0 Å². The van der Waals surface area contributed by atoms with Crippen molar-refractivity contribution < 1.29 is 19.1 Å². The summed E-state index contributed by atoms with van der Waals surface area (Å²) in [5.41, 5.74) is 3.89. The fourth-order valence-electron chi connectivity index (χ4n) is 1.06. The van der Waals surface area contributed by atoms with Gasteiger partial charge in [-0.05, 0) is 34.1 Å². The second kappa shape index (κ2) is 7.56. The van der Waals surface area contributed by atoms with Crippen LogP contribution < -0.4 is 32.0 Å². The molecule has 0 heterocycles. The molecule has 2 amide bonds. The summed E-state index contributed by atoms with van der Waals surface area (Å²) in [6, 6.07) is 4.77. The zero-order valence-electron chi connectivity index (χ0n) is 9.81. The van der Waals surface area contributed by atoms with Crippen molar-refractivity contribution in [2.24, 2.45) is 11.7 Å². The predicted molar refractivity (Wildman–Crippen MR) is 69.8 cm³/mol. The molecule has 0 atom stereocenters. The number of rotatable bonds is 6. The number of halogens is 1. The molecule has 0 aromatic heterocycles. The fourth-order valence-corrected chi connectivity index (χ4v) is 1.54. The van der Waals surface area contributed by atoms with Gasteiger partial charge in [-0.15, -0.1) is 0 Å². The molecule has 1 rings (SSSR count). The third kappa shape index (κ3) is 5.12. The van der Waals surface area contributed by atoms with Crippen LogP contribution in [-0.2, 0) is 9.59 Å². The molecule has 8 nitrogen and oxygen atoms in total. The molecule has 0 fully saturated rings. The van der Waals surface area contributed by atoms with Crippen LogP contribution in [0, 0.1) is 0 Å². The molecule has 0 bridgehead atoms. The van der Waals surface area contributed by atoms with Crippen molar-refractivity contribution in [1.82, 2.24) is 10.9 Å². The van der Waals surface area contributed by atoms with Gasteiger partial charge in [0.15, 0.2) is 13.2 Å². The van der Waals surface area contributed by atoms with Crippen LogP contribution in [0.15, 0.2) is 22.7 Å². The number of nitrogens with one attached hydrogen (secondary N) is 2.